The van der Waals surface area contributed by atoms with Gasteiger partial charge in [-0.05, 0) is 59.3 Å². The molecule has 0 bridgehead atoms. The Balaban J connectivity index is 2.26. The fourth-order valence-electron chi connectivity index (χ4n) is 1.65. The maximum absolute atomic E-state index is 13.0. The first kappa shape index (κ1) is 15.2. The van der Waals surface area contributed by atoms with Crippen LogP contribution in [-0.4, -0.2) is 10.9 Å². The Morgan fingerprint density at radius 1 is 1.40 bits per heavy atom. The molecule has 1 amide bonds. The number of rotatable bonds is 3. The number of carbonyl (C=O) groups excluding carboxylic acids is 1. The number of aryl methyl sites for hydroxylation is 1. The van der Waals surface area contributed by atoms with E-state index in [9.17, 15) is 9.18 Å². The summed E-state index contributed by atoms with van der Waals surface area (Å²) >= 11 is 7.85. The van der Waals surface area contributed by atoms with Crippen molar-refractivity contribution < 1.29 is 9.18 Å². The van der Waals surface area contributed by atoms with Crippen LogP contribution in [-0.2, 0) is 6.42 Å². The van der Waals surface area contributed by atoms with Crippen LogP contribution in [0, 0.1) is 9.39 Å². The number of carbonyl (C=O) groups is 1. The molecule has 1 N–H and O–H groups in total. The number of hydrogen-bond acceptors (Lipinski definition) is 2. The van der Waals surface area contributed by atoms with Crippen molar-refractivity contribution in [1.82, 2.24) is 4.98 Å². The van der Waals surface area contributed by atoms with E-state index in [1.165, 1.54) is 24.3 Å². The molecule has 0 fully saturated rings. The quantitative estimate of drug-likeness (QED) is 0.612. The molecule has 104 valence electrons. The molecule has 0 aliphatic heterocycles. The lowest BCUT2D eigenvalue weighted by molar-refractivity contribution is 0.102. The lowest BCUT2D eigenvalue weighted by atomic mass is 10.2. The predicted octanol–water partition coefficient (Wildman–Crippen LogP) is 4.29. The molecule has 6 heteroatoms. The Morgan fingerprint density at radius 3 is 2.80 bits per heavy atom. The Hall–Kier alpha value is -1.21. The molecule has 1 heterocycles. The Kier molecular flexibility index (Phi) is 4.93. The van der Waals surface area contributed by atoms with E-state index in [-0.39, 0.29) is 16.9 Å². The third kappa shape index (κ3) is 3.67. The van der Waals surface area contributed by atoms with Crippen LogP contribution in [0.5, 0.6) is 0 Å². The molecule has 0 aliphatic rings. The first-order chi connectivity index (χ1) is 9.49. The average Bonchev–Trinajstić information content (AvgIpc) is 2.41. The highest BCUT2D eigenvalue weighted by Gasteiger charge is 2.11. The molecule has 0 unspecified atom stereocenters. The summed E-state index contributed by atoms with van der Waals surface area (Å²) in [5.74, 6) is -0.638. The van der Waals surface area contributed by atoms with Crippen molar-refractivity contribution in [3.05, 3.63) is 56.1 Å². The number of halogens is 3. The molecular weight excluding hydrogens is 394 g/mol. The minimum absolute atomic E-state index is 0.281. The Bertz CT molecular complexity index is 664. The summed E-state index contributed by atoms with van der Waals surface area (Å²) in [5, 5.41) is 3.01. The maximum Gasteiger partial charge on any atom is 0.255 e. The van der Waals surface area contributed by atoms with Gasteiger partial charge < -0.3 is 5.32 Å². The highest BCUT2D eigenvalue weighted by molar-refractivity contribution is 14.1. The normalized spacial score (nSPS) is 10.4. The van der Waals surface area contributed by atoms with Crippen molar-refractivity contribution in [3.63, 3.8) is 0 Å². The summed E-state index contributed by atoms with van der Waals surface area (Å²) in [7, 11) is 0. The third-order valence-electron chi connectivity index (χ3n) is 2.65. The molecule has 0 spiro atoms. The van der Waals surface area contributed by atoms with Gasteiger partial charge in [0.25, 0.3) is 5.91 Å². The van der Waals surface area contributed by atoms with E-state index in [1.807, 2.05) is 29.5 Å². The predicted molar refractivity (Wildman–Crippen MR) is 85.7 cm³/mol. The molecule has 2 aromatic rings. The number of nitrogens with one attached hydrogen (secondary N) is 1. The second-order valence-electron chi connectivity index (χ2n) is 4.10. The van der Waals surface area contributed by atoms with Gasteiger partial charge in [-0.1, -0.05) is 18.5 Å². The van der Waals surface area contributed by atoms with Gasteiger partial charge in [0, 0.05) is 14.8 Å². The van der Waals surface area contributed by atoms with Crippen LogP contribution in [0.2, 0.25) is 5.15 Å². The molecular formula is C14H11ClFIN2O. The van der Waals surface area contributed by atoms with E-state index in [1.54, 1.807) is 6.07 Å². The van der Waals surface area contributed by atoms with Gasteiger partial charge in [-0.15, -0.1) is 0 Å². The molecule has 3 nitrogen and oxygen atoms in total. The molecule has 0 radical (unpaired) electrons. The summed E-state index contributed by atoms with van der Waals surface area (Å²) in [6.07, 6.45) is 0.689. The molecule has 0 saturated carbocycles. The zero-order valence-corrected chi connectivity index (χ0v) is 13.5. The lowest BCUT2D eigenvalue weighted by Crippen LogP contribution is -2.13. The monoisotopic (exact) mass is 404 g/mol. The molecule has 0 saturated heterocycles. The second kappa shape index (κ2) is 6.49. The number of pyridine rings is 1. The maximum atomic E-state index is 13.0. The topological polar surface area (TPSA) is 42.0 Å². The van der Waals surface area contributed by atoms with Crippen LogP contribution in [0.1, 0.15) is 23.0 Å². The van der Waals surface area contributed by atoms with Crippen molar-refractivity contribution in [3.8, 4) is 0 Å². The number of hydrogen-bond donors (Lipinski definition) is 1. The molecule has 20 heavy (non-hydrogen) atoms. The molecule has 1 aromatic carbocycles. The van der Waals surface area contributed by atoms with Crippen LogP contribution in [0.15, 0.2) is 30.3 Å². The Morgan fingerprint density at radius 2 is 2.15 bits per heavy atom. The summed E-state index contributed by atoms with van der Waals surface area (Å²) in [4.78, 5) is 16.3. The van der Waals surface area contributed by atoms with Crippen LogP contribution in [0.25, 0.3) is 0 Å². The van der Waals surface area contributed by atoms with E-state index in [0.29, 0.717) is 21.2 Å². The highest BCUT2D eigenvalue weighted by atomic mass is 127. The standard InChI is InChI=1S/C14H11ClFIN2O/c1-2-10-5-8(6-13(15)18-10)14(20)19-12-4-3-9(16)7-11(12)17/h3-7H,2H2,1H3,(H,19,20). The molecule has 2 rings (SSSR count). The zero-order chi connectivity index (χ0) is 14.7. The number of amides is 1. The van der Waals surface area contributed by atoms with Gasteiger partial charge in [0.1, 0.15) is 11.0 Å². The molecule has 0 atom stereocenters. The van der Waals surface area contributed by atoms with Crippen LogP contribution in [0.3, 0.4) is 0 Å². The first-order valence-corrected chi connectivity index (χ1v) is 7.38. The first-order valence-electron chi connectivity index (χ1n) is 5.92. The van der Waals surface area contributed by atoms with Gasteiger partial charge in [0.15, 0.2) is 0 Å². The SMILES string of the molecule is CCc1cc(C(=O)Nc2ccc(F)cc2I)cc(Cl)n1. The number of aromatic nitrogens is 1. The number of nitrogens with zero attached hydrogens (tertiary/aromatic N) is 1. The number of anilines is 1. The second-order valence-corrected chi connectivity index (χ2v) is 5.65. The summed E-state index contributed by atoms with van der Waals surface area (Å²) < 4.78 is 13.6. The van der Waals surface area contributed by atoms with Crippen molar-refractivity contribution in [2.45, 2.75) is 13.3 Å². The smallest absolute Gasteiger partial charge is 0.255 e. The van der Waals surface area contributed by atoms with E-state index in [4.69, 9.17) is 11.6 Å². The molecule has 1 aromatic heterocycles. The third-order valence-corrected chi connectivity index (χ3v) is 3.74. The fourth-order valence-corrected chi connectivity index (χ4v) is 2.49. The highest BCUT2D eigenvalue weighted by Crippen LogP contribution is 2.20. The zero-order valence-electron chi connectivity index (χ0n) is 10.6. The fraction of sp³-hybridized carbons (Fsp3) is 0.143. The van der Waals surface area contributed by atoms with Gasteiger partial charge in [0.05, 0.1) is 5.69 Å². The van der Waals surface area contributed by atoms with Gasteiger partial charge in [-0.2, -0.15) is 0 Å². The van der Waals surface area contributed by atoms with E-state index < -0.39 is 0 Å². The largest absolute Gasteiger partial charge is 0.321 e. The van der Waals surface area contributed by atoms with Gasteiger partial charge in [0.2, 0.25) is 0 Å². The van der Waals surface area contributed by atoms with Crippen LogP contribution >= 0.6 is 34.2 Å². The summed E-state index contributed by atoms with van der Waals surface area (Å²) in [5.41, 5.74) is 1.74. The Labute approximate surface area is 134 Å². The van der Waals surface area contributed by atoms with E-state index in [0.717, 1.165) is 5.69 Å². The van der Waals surface area contributed by atoms with Gasteiger partial charge >= 0.3 is 0 Å². The van der Waals surface area contributed by atoms with Crippen molar-refractivity contribution >= 4 is 45.8 Å². The van der Waals surface area contributed by atoms with Gasteiger partial charge in [-0.3, -0.25) is 4.79 Å². The minimum Gasteiger partial charge on any atom is -0.321 e. The summed E-state index contributed by atoms with van der Waals surface area (Å²) in [6, 6.07) is 7.38. The average molecular weight is 405 g/mol. The summed E-state index contributed by atoms with van der Waals surface area (Å²) in [6.45, 7) is 1.93. The van der Waals surface area contributed by atoms with Gasteiger partial charge in [-0.25, -0.2) is 9.37 Å². The van der Waals surface area contributed by atoms with Crippen molar-refractivity contribution in [2.24, 2.45) is 0 Å². The van der Waals surface area contributed by atoms with Crippen LogP contribution in [0.4, 0.5) is 10.1 Å². The van der Waals surface area contributed by atoms with Crippen LogP contribution < -0.4 is 5.32 Å². The van der Waals surface area contributed by atoms with E-state index in [2.05, 4.69) is 10.3 Å². The lowest BCUT2D eigenvalue weighted by Gasteiger charge is -2.08. The van der Waals surface area contributed by atoms with E-state index >= 15 is 0 Å². The number of benzene rings is 1. The molecule has 0 aliphatic carbocycles. The van der Waals surface area contributed by atoms with Crippen molar-refractivity contribution in [1.29, 1.82) is 0 Å². The minimum atomic E-state index is -0.340. The van der Waals surface area contributed by atoms with Crippen molar-refractivity contribution in [2.75, 3.05) is 5.32 Å².